The van der Waals surface area contributed by atoms with Crippen LogP contribution in [0, 0.1) is 0 Å². The number of phosphoric ester groups is 1. The van der Waals surface area contributed by atoms with Crippen LogP contribution in [0.3, 0.4) is 0 Å². The van der Waals surface area contributed by atoms with E-state index in [-0.39, 0.29) is 6.61 Å². The lowest BCUT2D eigenvalue weighted by molar-refractivity contribution is -0.0939. The summed E-state index contributed by atoms with van der Waals surface area (Å²) in [6, 6.07) is 0. The van der Waals surface area contributed by atoms with Gasteiger partial charge in [0.05, 0.1) is 13.2 Å². The standard InChI is InChI=1S/C24H51O6P/c1-3-4-5-6-7-8-9-10-11-12-13-14-15-16-17-18-19-20-21-28-22-23-29-24(2)30-31(25,26)27/h24H,3-23H2,1-2H3,(H2,25,26,27). The molecule has 0 aliphatic carbocycles. The van der Waals surface area contributed by atoms with Crippen molar-refractivity contribution in [1.29, 1.82) is 0 Å². The lowest BCUT2D eigenvalue weighted by atomic mass is 10.0. The fraction of sp³-hybridized carbons (Fsp3) is 1.00. The molecular formula is C24H51O6P. The van der Waals surface area contributed by atoms with Crippen molar-refractivity contribution < 1.29 is 28.3 Å². The second kappa shape index (κ2) is 23.2. The highest BCUT2D eigenvalue weighted by molar-refractivity contribution is 7.46. The Bertz CT molecular complexity index is 402. The SMILES string of the molecule is CCCCCCCCCCCCCCCCCCCCOCCOC(C)OP(=O)(O)O. The van der Waals surface area contributed by atoms with Gasteiger partial charge in [-0.25, -0.2) is 4.57 Å². The number of phosphoric acid groups is 1. The van der Waals surface area contributed by atoms with E-state index in [0.29, 0.717) is 13.2 Å². The van der Waals surface area contributed by atoms with Crippen molar-refractivity contribution in [3.05, 3.63) is 0 Å². The zero-order valence-electron chi connectivity index (χ0n) is 20.4. The van der Waals surface area contributed by atoms with Crippen LogP contribution in [0.5, 0.6) is 0 Å². The molecule has 0 rings (SSSR count). The van der Waals surface area contributed by atoms with Gasteiger partial charge in [-0.3, -0.25) is 4.52 Å². The summed E-state index contributed by atoms with van der Waals surface area (Å²) < 4.78 is 25.6. The van der Waals surface area contributed by atoms with E-state index < -0.39 is 14.1 Å². The Morgan fingerprint density at radius 1 is 0.613 bits per heavy atom. The fourth-order valence-corrected chi connectivity index (χ4v) is 4.15. The Labute approximate surface area is 192 Å². The molecule has 0 aliphatic heterocycles. The van der Waals surface area contributed by atoms with Crippen molar-refractivity contribution in [2.45, 2.75) is 136 Å². The molecule has 0 saturated heterocycles. The van der Waals surface area contributed by atoms with E-state index >= 15 is 0 Å². The van der Waals surface area contributed by atoms with Crippen molar-refractivity contribution in [3.63, 3.8) is 0 Å². The molecule has 2 N–H and O–H groups in total. The van der Waals surface area contributed by atoms with E-state index in [1.807, 2.05) is 0 Å². The number of hydrogen-bond acceptors (Lipinski definition) is 4. The van der Waals surface area contributed by atoms with Gasteiger partial charge in [-0.1, -0.05) is 116 Å². The molecule has 7 heteroatoms. The van der Waals surface area contributed by atoms with Crippen molar-refractivity contribution in [1.82, 2.24) is 0 Å². The third kappa shape index (κ3) is 28.0. The number of hydrogen-bond donors (Lipinski definition) is 2. The first-order chi connectivity index (χ1) is 15.0. The van der Waals surface area contributed by atoms with Gasteiger partial charge in [-0.2, -0.15) is 0 Å². The summed E-state index contributed by atoms with van der Waals surface area (Å²) in [5.74, 6) is 0. The van der Waals surface area contributed by atoms with Crippen LogP contribution in [-0.2, 0) is 18.6 Å². The molecule has 1 atom stereocenters. The molecule has 0 aromatic rings. The molecule has 188 valence electrons. The molecule has 0 saturated carbocycles. The van der Waals surface area contributed by atoms with E-state index in [1.165, 1.54) is 116 Å². The van der Waals surface area contributed by atoms with Crippen LogP contribution < -0.4 is 0 Å². The van der Waals surface area contributed by atoms with Gasteiger partial charge in [0, 0.05) is 6.61 Å². The highest BCUT2D eigenvalue weighted by Crippen LogP contribution is 2.37. The molecule has 0 radical (unpaired) electrons. The first-order valence-corrected chi connectivity index (χ1v) is 14.4. The summed E-state index contributed by atoms with van der Waals surface area (Å²) in [6.45, 7) is 5.11. The largest absolute Gasteiger partial charge is 0.471 e. The summed E-state index contributed by atoms with van der Waals surface area (Å²) >= 11 is 0. The maximum Gasteiger partial charge on any atom is 0.471 e. The normalized spacial score (nSPS) is 13.0. The molecule has 0 fully saturated rings. The number of rotatable bonds is 25. The molecule has 0 aromatic heterocycles. The van der Waals surface area contributed by atoms with Gasteiger partial charge in [-0.15, -0.1) is 0 Å². The minimum Gasteiger partial charge on any atom is -0.379 e. The Morgan fingerprint density at radius 3 is 1.39 bits per heavy atom. The highest BCUT2D eigenvalue weighted by atomic mass is 31.2. The summed E-state index contributed by atoms with van der Waals surface area (Å²) in [6.07, 6.45) is 23.6. The van der Waals surface area contributed by atoms with E-state index in [1.54, 1.807) is 0 Å². The summed E-state index contributed by atoms with van der Waals surface area (Å²) in [4.78, 5) is 17.3. The number of unbranched alkanes of at least 4 members (excludes halogenated alkanes) is 17. The van der Waals surface area contributed by atoms with Crippen molar-refractivity contribution in [3.8, 4) is 0 Å². The molecule has 0 amide bonds. The average molecular weight is 467 g/mol. The van der Waals surface area contributed by atoms with Crippen LogP contribution in [0.1, 0.15) is 129 Å². The molecule has 0 spiro atoms. The fourth-order valence-electron chi connectivity index (χ4n) is 3.70. The van der Waals surface area contributed by atoms with Crippen molar-refractivity contribution >= 4 is 7.82 Å². The maximum atomic E-state index is 10.6. The maximum absolute atomic E-state index is 10.6. The molecule has 6 nitrogen and oxygen atoms in total. The summed E-state index contributed by atoms with van der Waals surface area (Å²) in [7, 11) is -4.49. The van der Waals surface area contributed by atoms with Gasteiger partial charge < -0.3 is 19.3 Å². The molecule has 0 aliphatic rings. The van der Waals surface area contributed by atoms with Crippen LogP contribution in [0.25, 0.3) is 0 Å². The third-order valence-corrected chi connectivity index (χ3v) is 6.08. The van der Waals surface area contributed by atoms with Crippen molar-refractivity contribution in [2.24, 2.45) is 0 Å². The van der Waals surface area contributed by atoms with Gasteiger partial charge >= 0.3 is 7.82 Å². The van der Waals surface area contributed by atoms with E-state index in [4.69, 9.17) is 19.3 Å². The number of ether oxygens (including phenoxy) is 2. The van der Waals surface area contributed by atoms with Gasteiger partial charge in [0.15, 0.2) is 6.29 Å². The van der Waals surface area contributed by atoms with Crippen LogP contribution >= 0.6 is 7.82 Å². The van der Waals surface area contributed by atoms with Crippen LogP contribution in [0.15, 0.2) is 0 Å². The van der Waals surface area contributed by atoms with Crippen LogP contribution in [0.4, 0.5) is 0 Å². The third-order valence-electron chi connectivity index (χ3n) is 5.51. The van der Waals surface area contributed by atoms with Gasteiger partial charge in [0.25, 0.3) is 0 Å². The summed E-state index contributed by atoms with van der Waals surface area (Å²) in [5.41, 5.74) is 0. The highest BCUT2D eigenvalue weighted by Gasteiger charge is 2.18. The minimum absolute atomic E-state index is 0.264. The first kappa shape index (κ1) is 31.0. The topological polar surface area (TPSA) is 85.2 Å². The monoisotopic (exact) mass is 466 g/mol. The molecule has 0 bridgehead atoms. The molecule has 1 unspecified atom stereocenters. The van der Waals surface area contributed by atoms with Crippen molar-refractivity contribution in [2.75, 3.05) is 19.8 Å². The van der Waals surface area contributed by atoms with E-state index in [9.17, 15) is 4.57 Å². The molecule has 0 aromatic carbocycles. The molecular weight excluding hydrogens is 415 g/mol. The van der Waals surface area contributed by atoms with Crippen LogP contribution in [-0.4, -0.2) is 35.9 Å². The molecule has 0 heterocycles. The predicted molar refractivity (Wildman–Crippen MR) is 128 cm³/mol. The Morgan fingerprint density at radius 2 is 1.00 bits per heavy atom. The van der Waals surface area contributed by atoms with E-state index in [2.05, 4.69) is 11.4 Å². The lowest BCUT2D eigenvalue weighted by Gasteiger charge is -2.14. The summed E-state index contributed by atoms with van der Waals surface area (Å²) in [5, 5.41) is 0. The predicted octanol–water partition coefficient (Wildman–Crippen LogP) is 7.52. The second-order valence-corrected chi connectivity index (χ2v) is 9.85. The minimum atomic E-state index is -4.49. The van der Waals surface area contributed by atoms with Gasteiger partial charge in [0.2, 0.25) is 0 Å². The lowest BCUT2D eigenvalue weighted by Crippen LogP contribution is -2.15. The Kier molecular flexibility index (Phi) is 23.2. The smallest absolute Gasteiger partial charge is 0.379 e. The Hall–Kier alpha value is 0.0300. The quantitative estimate of drug-likeness (QED) is 0.0822. The first-order valence-electron chi connectivity index (χ1n) is 12.9. The second-order valence-electron chi connectivity index (χ2n) is 8.66. The van der Waals surface area contributed by atoms with Gasteiger partial charge in [-0.05, 0) is 13.3 Å². The zero-order chi connectivity index (χ0) is 23.0. The van der Waals surface area contributed by atoms with Gasteiger partial charge in [0.1, 0.15) is 0 Å². The Balaban J connectivity index is 3.10. The van der Waals surface area contributed by atoms with E-state index in [0.717, 1.165) is 6.42 Å². The van der Waals surface area contributed by atoms with Crippen LogP contribution in [0.2, 0.25) is 0 Å². The molecule has 31 heavy (non-hydrogen) atoms. The average Bonchev–Trinajstić information content (AvgIpc) is 2.70. The zero-order valence-corrected chi connectivity index (χ0v) is 21.3.